The molecule has 0 spiro atoms. The van der Waals surface area contributed by atoms with Gasteiger partial charge in [-0.3, -0.25) is 0 Å². The van der Waals surface area contributed by atoms with Crippen LogP contribution in [0.25, 0.3) is 0 Å². The van der Waals surface area contributed by atoms with Gasteiger partial charge in [-0.15, -0.1) is 0 Å². The van der Waals surface area contributed by atoms with Crippen LogP contribution in [0.2, 0.25) is 10.0 Å². The summed E-state index contributed by atoms with van der Waals surface area (Å²) in [5.74, 6) is 0. The van der Waals surface area contributed by atoms with Gasteiger partial charge in [0.25, 0.3) is 0 Å². The van der Waals surface area contributed by atoms with E-state index < -0.39 is 0 Å². The Hall–Kier alpha value is 0.623. The van der Waals surface area contributed by atoms with Crippen LogP contribution < -0.4 is 0 Å². The SMILES string of the molecule is [CH3][Zn][CH](C)C. The molecule has 0 aliphatic carbocycles. The zero-order chi connectivity index (χ0) is 4.28. The Balaban J connectivity index is 2.54. The summed E-state index contributed by atoms with van der Waals surface area (Å²) in [4.78, 5) is 0. The molecule has 0 bridgehead atoms. The predicted octanol–water partition coefficient (Wildman–Crippen LogP) is 1.95. The first-order chi connectivity index (χ1) is 2.27. The molecular formula is C4H10Zn. The van der Waals surface area contributed by atoms with Gasteiger partial charge in [0.2, 0.25) is 0 Å². The van der Waals surface area contributed by atoms with E-state index in [0.29, 0.717) is 0 Å². The van der Waals surface area contributed by atoms with Crippen molar-refractivity contribution in [2.75, 3.05) is 0 Å². The average Bonchev–Trinajstić information content (AvgIpc) is 1.38. The van der Waals surface area contributed by atoms with E-state index in [-0.39, 0.29) is 17.1 Å². The molecule has 0 saturated heterocycles. The fourth-order valence-corrected chi connectivity index (χ4v) is 0. The normalized spacial score (nSPS) is 8.00. The van der Waals surface area contributed by atoms with Crippen molar-refractivity contribution in [2.24, 2.45) is 0 Å². The molecule has 0 saturated carbocycles. The first-order valence-electron chi connectivity index (χ1n) is 2.27. The Morgan fingerprint density at radius 1 is 1.40 bits per heavy atom. The molecule has 0 atom stereocenters. The Kier molecular flexibility index (Phi) is 3.19. The molecule has 0 aliphatic heterocycles. The van der Waals surface area contributed by atoms with Crippen molar-refractivity contribution < 1.29 is 17.1 Å². The van der Waals surface area contributed by atoms with Crippen LogP contribution in [0.15, 0.2) is 0 Å². The third-order valence-electron chi connectivity index (χ3n) is 0.816. The van der Waals surface area contributed by atoms with E-state index in [1.165, 1.54) is 0 Å². The molecule has 0 aliphatic rings. The minimum atomic E-state index is 0.0139. The monoisotopic (exact) mass is 122 g/mol. The average molecular weight is 124 g/mol. The van der Waals surface area contributed by atoms with E-state index >= 15 is 0 Å². The topological polar surface area (TPSA) is 0 Å². The summed E-state index contributed by atoms with van der Waals surface area (Å²) in [6, 6.07) is 0. The molecule has 0 fully saturated rings. The maximum absolute atomic E-state index is 2.39. The van der Waals surface area contributed by atoms with Crippen molar-refractivity contribution in [1.29, 1.82) is 0 Å². The van der Waals surface area contributed by atoms with E-state index in [2.05, 4.69) is 19.4 Å². The molecule has 0 rings (SSSR count). The van der Waals surface area contributed by atoms with Gasteiger partial charge in [0.15, 0.2) is 0 Å². The molecule has 0 radical (unpaired) electrons. The predicted molar refractivity (Wildman–Crippen MR) is 21.0 cm³/mol. The van der Waals surface area contributed by atoms with Crippen molar-refractivity contribution in [3.8, 4) is 0 Å². The number of hydrogen-bond acceptors (Lipinski definition) is 0. The molecule has 0 heterocycles. The Morgan fingerprint density at radius 3 is 1.60 bits per heavy atom. The zero-order valence-corrected chi connectivity index (χ0v) is 7.25. The van der Waals surface area contributed by atoms with Crippen molar-refractivity contribution in [3.05, 3.63) is 0 Å². The summed E-state index contributed by atoms with van der Waals surface area (Å²) < 4.78 is 1.07. The molecule has 0 nitrogen and oxygen atoms in total. The molecule has 0 unspecified atom stereocenters. The standard InChI is InChI=1S/C3H7.CH3.Zn/c1-3-2;;/h3H,1-2H3;1H3;. The fourth-order valence-electron chi connectivity index (χ4n) is 0. The number of hydrogen-bond donors (Lipinski definition) is 0. The van der Waals surface area contributed by atoms with Gasteiger partial charge in [-0.25, -0.2) is 0 Å². The first-order valence-corrected chi connectivity index (χ1v) is 6.95. The summed E-state index contributed by atoms with van der Waals surface area (Å²) in [7, 11) is 0. The first kappa shape index (κ1) is 5.62. The van der Waals surface area contributed by atoms with Crippen LogP contribution in [0, 0.1) is 0 Å². The van der Waals surface area contributed by atoms with Gasteiger partial charge < -0.3 is 0 Å². The van der Waals surface area contributed by atoms with Crippen LogP contribution in [-0.4, -0.2) is 0 Å². The van der Waals surface area contributed by atoms with Crippen LogP contribution in [0.5, 0.6) is 0 Å². The minimum absolute atomic E-state index is 0.0139. The quantitative estimate of drug-likeness (QED) is 0.468. The van der Waals surface area contributed by atoms with E-state index in [1.54, 1.807) is 0 Å². The zero-order valence-electron chi connectivity index (χ0n) is 4.28. The molecule has 1 heteroatoms. The second kappa shape index (κ2) is 2.84. The summed E-state index contributed by atoms with van der Waals surface area (Å²) in [6.07, 6.45) is 0. The van der Waals surface area contributed by atoms with Crippen molar-refractivity contribution >= 4 is 0 Å². The molecule has 0 aromatic carbocycles. The van der Waals surface area contributed by atoms with Crippen LogP contribution in [0.4, 0.5) is 0 Å². The van der Waals surface area contributed by atoms with Gasteiger partial charge in [-0.1, -0.05) is 0 Å². The molecule has 5 heavy (non-hydrogen) atoms. The van der Waals surface area contributed by atoms with Crippen LogP contribution in [-0.2, 0) is 17.1 Å². The second-order valence-corrected chi connectivity index (χ2v) is 6.94. The Labute approximate surface area is 41.6 Å². The third-order valence-corrected chi connectivity index (χ3v) is 4.24. The van der Waals surface area contributed by atoms with Gasteiger partial charge >= 0.3 is 41.0 Å². The third kappa shape index (κ3) is 4.62. The van der Waals surface area contributed by atoms with Crippen molar-refractivity contribution in [3.63, 3.8) is 0 Å². The van der Waals surface area contributed by atoms with Crippen molar-refractivity contribution in [1.82, 2.24) is 0 Å². The van der Waals surface area contributed by atoms with E-state index in [1.807, 2.05) is 0 Å². The second-order valence-electron chi connectivity index (χ2n) is 1.80. The fraction of sp³-hybridized carbons (Fsp3) is 1.00. The van der Waals surface area contributed by atoms with Crippen LogP contribution in [0.3, 0.4) is 0 Å². The van der Waals surface area contributed by atoms with Gasteiger partial charge in [-0.05, 0) is 0 Å². The van der Waals surface area contributed by atoms with E-state index in [9.17, 15) is 0 Å². The molecule has 28 valence electrons. The van der Waals surface area contributed by atoms with Crippen LogP contribution in [0.1, 0.15) is 13.8 Å². The van der Waals surface area contributed by atoms with E-state index in [4.69, 9.17) is 0 Å². The molecule has 0 aromatic heterocycles. The van der Waals surface area contributed by atoms with Gasteiger partial charge in [-0.2, -0.15) is 0 Å². The summed E-state index contributed by atoms with van der Waals surface area (Å²) in [6.45, 7) is 4.61. The molecular weight excluding hydrogens is 113 g/mol. The molecule has 0 amide bonds. The molecule has 0 aromatic rings. The Morgan fingerprint density at radius 2 is 1.60 bits per heavy atom. The summed E-state index contributed by atoms with van der Waals surface area (Å²) >= 11 is 0.0139. The van der Waals surface area contributed by atoms with Gasteiger partial charge in [0.1, 0.15) is 0 Å². The van der Waals surface area contributed by atoms with Gasteiger partial charge in [0.05, 0.1) is 0 Å². The van der Waals surface area contributed by atoms with Gasteiger partial charge in [0, 0.05) is 0 Å². The van der Waals surface area contributed by atoms with E-state index in [0.717, 1.165) is 4.51 Å². The number of rotatable bonds is 1. The molecule has 0 N–H and O–H groups in total. The van der Waals surface area contributed by atoms with Crippen molar-refractivity contribution in [2.45, 2.75) is 23.9 Å². The summed E-state index contributed by atoms with van der Waals surface area (Å²) in [5.41, 5.74) is 2.39. The summed E-state index contributed by atoms with van der Waals surface area (Å²) in [5, 5.41) is 0. The Bertz CT molecular complexity index is 17.6. The van der Waals surface area contributed by atoms with Crippen LogP contribution >= 0.6 is 0 Å². The maximum atomic E-state index is 2.39.